The molecular formula is C14H18N2O3. The Morgan fingerprint density at radius 2 is 1.74 bits per heavy atom. The summed E-state index contributed by atoms with van der Waals surface area (Å²) >= 11 is 0. The molecule has 0 spiro atoms. The van der Waals surface area contributed by atoms with Gasteiger partial charge in [0.2, 0.25) is 0 Å². The number of rotatable bonds is 4. The highest BCUT2D eigenvalue weighted by Crippen LogP contribution is 2.30. The Morgan fingerprint density at radius 3 is 2.26 bits per heavy atom. The summed E-state index contributed by atoms with van der Waals surface area (Å²) in [6.45, 7) is 2.23. The smallest absolute Gasteiger partial charge is 0.269 e. The second-order valence-corrected chi connectivity index (χ2v) is 5.34. The highest BCUT2D eigenvalue weighted by atomic mass is 16.6. The lowest BCUT2D eigenvalue weighted by molar-refractivity contribution is -0.384. The van der Waals surface area contributed by atoms with E-state index in [9.17, 15) is 10.1 Å². The Kier molecular flexibility index (Phi) is 3.38. The van der Waals surface area contributed by atoms with Gasteiger partial charge in [-0.15, -0.1) is 0 Å². The van der Waals surface area contributed by atoms with Crippen molar-refractivity contribution < 1.29 is 9.66 Å². The summed E-state index contributed by atoms with van der Waals surface area (Å²) in [7, 11) is 0. The molecular weight excluding hydrogens is 244 g/mol. The van der Waals surface area contributed by atoms with Crippen molar-refractivity contribution in [1.29, 1.82) is 0 Å². The molecule has 2 fully saturated rings. The van der Waals surface area contributed by atoms with E-state index < -0.39 is 4.92 Å². The molecule has 1 aliphatic heterocycles. The third kappa shape index (κ3) is 3.04. The lowest BCUT2D eigenvalue weighted by Gasteiger charge is -2.32. The molecule has 0 unspecified atom stereocenters. The van der Waals surface area contributed by atoms with Gasteiger partial charge in [-0.05, 0) is 37.8 Å². The van der Waals surface area contributed by atoms with E-state index in [-0.39, 0.29) is 11.8 Å². The molecule has 0 radical (unpaired) electrons. The van der Waals surface area contributed by atoms with Crippen LogP contribution in [-0.2, 0) is 0 Å². The van der Waals surface area contributed by atoms with E-state index in [4.69, 9.17) is 4.74 Å². The Hall–Kier alpha value is -1.62. The van der Waals surface area contributed by atoms with E-state index >= 15 is 0 Å². The molecule has 2 aliphatic rings. The van der Waals surface area contributed by atoms with Gasteiger partial charge in [-0.2, -0.15) is 0 Å². The summed E-state index contributed by atoms with van der Waals surface area (Å²) in [5, 5.41) is 10.6. The molecule has 102 valence electrons. The van der Waals surface area contributed by atoms with E-state index in [1.165, 1.54) is 25.0 Å². The fourth-order valence-electron chi connectivity index (χ4n) is 2.64. The number of nitro benzene ring substituents is 1. The normalized spacial score (nSPS) is 21.3. The van der Waals surface area contributed by atoms with Gasteiger partial charge in [0.1, 0.15) is 11.9 Å². The second-order valence-electron chi connectivity index (χ2n) is 5.34. The molecule has 0 bridgehead atoms. The summed E-state index contributed by atoms with van der Waals surface area (Å²) in [6.07, 6.45) is 5.05. The summed E-state index contributed by atoms with van der Waals surface area (Å²) in [5.74, 6) is 0.732. The van der Waals surface area contributed by atoms with Crippen LogP contribution >= 0.6 is 0 Å². The van der Waals surface area contributed by atoms with Crippen LogP contribution in [0.2, 0.25) is 0 Å². The number of piperidine rings is 1. The number of hydrogen-bond donors (Lipinski definition) is 0. The number of benzene rings is 1. The van der Waals surface area contributed by atoms with Crippen LogP contribution in [0.5, 0.6) is 5.75 Å². The van der Waals surface area contributed by atoms with Crippen molar-refractivity contribution in [2.75, 3.05) is 13.1 Å². The second kappa shape index (κ2) is 5.17. The standard InChI is InChI=1S/C14H18N2O3/c17-16(18)12-3-5-13(6-4-12)19-14-7-9-15(10-8-14)11-1-2-11/h3-6,11,14H,1-2,7-10H2. The molecule has 1 saturated carbocycles. The minimum absolute atomic E-state index is 0.107. The van der Waals surface area contributed by atoms with Crippen LogP contribution in [-0.4, -0.2) is 35.1 Å². The highest BCUT2D eigenvalue weighted by molar-refractivity contribution is 5.36. The molecule has 5 heteroatoms. The van der Waals surface area contributed by atoms with Crippen molar-refractivity contribution in [3.8, 4) is 5.75 Å². The van der Waals surface area contributed by atoms with E-state index in [2.05, 4.69) is 4.90 Å². The number of non-ortho nitro benzene ring substituents is 1. The number of likely N-dealkylation sites (tertiary alicyclic amines) is 1. The zero-order valence-electron chi connectivity index (χ0n) is 10.8. The Labute approximate surface area is 112 Å². The van der Waals surface area contributed by atoms with E-state index in [0.717, 1.165) is 37.7 Å². The Bertz CT molecular complexity index is 448. The van der Waals surface area contributed by atoms with Gasteiger partial charge < -0.3 is 9.64 Å². The Balaban J connectivity index is 1.52. The van der Waals surface area contributed by atoms with Crippen LogP contribution in [0.1, 0.15) is 25.7 Å². The zero-order valence-corrected chi connectivity index (χ0v) is 10.8. The van der Waals surface area contributed by atoms with Crippen LogP contribution in [0.4, 0.5) is 5.69 Å². The fourth-order valence-corrected chi connectivity index (χ4v) is 2.64. The van der Waals surface area contributed by atoms with Gasteiger partial charge in [0.05, 0.1) is 4.92 Å². The molecule has 5 nitrogen and oxygen atoms in total. The maximum Gasteiger partial charge on any atom is 0.269 e. The van der Waals surface area contributed by atoms with Crippen molar-refractivity contribution >= 4 is 5.69 Å². The summed E-state index contributed by atoms with van der Waals surface area (Å²) in [4.78, 5) is 12.7. The van der Waals surface area contributed by atoms with Gasteiger partial charge in [0.15, 0.2) is 0 Å². The summed E-state index contributed by atoms with van der Waals surface area (Å²) < 4.78 is 5.89. The third-order valence-corrected chi connectivity index (χ3v) is 3.89. The predicted octanol–water partition coefficient (Wildman–Crippen LogP) is 2.60. The van der Waals surface area contributed by atoms with Gasteiger partial charge in [-0.1, -0.05) is 0 Å². The van der Waals surface area contributed by atoms with E-state index in [1.807, 2.05) is 0 Å². The molecule has 1 heterocycles. The minimum atomic E-state index is -0.391. The quantitative estimate of drug-likeness (QED) is 0.618. The number of nitro groups is 1. The molecule has 1 aromatic carbocycles. The fraction of sp³-hybridized carbons (Fsp3) is 0.571. The first-order chi connectivity index (χ1) is 9.22. The van der Waals surface area contributed by atoms with Gasteiger partial charge in [-0.3, -0.25) is 10.1 Å². The maximum atomic E-state index is 10.6. The molecule has 1 saturated heterocycles. The molecule has 1 aliphatic carbocycles. The van der Waals surface area contributed by atoms with E-state index in [0.29, 0.717) is 0 Å². The first kappa shape index (κ1) is 12.4. The monoisotopic (exact) mass is 262 g/mol. The molecule has 0 aromatic heterocycles. The largest absolute Gasteiger partial charge is 0.490 e. The molecule has 3 rings (SSSR count). The first-order valence-electron chi connectivity index (χ1n) is 6.87. The minimum Gasteiger partial charge on any atom is -0.490 e. The van der Waals surface area contributed by atoms with E-state index in [1.54, 1.807) is 12.1 Å². The van der Waals surface area contributed by atoms with Gasteiger partial charge in [0.25, 0.3) is 5.69 Å². The topological polar surface area (TPSA) is 55.6 Å². The predicted molar refractivity (Wildman–Crippen MR) is 71.3 cm³/mol. The van der Waals surface area contributed by atoms with Crippen molar-refractivity contribution in [3.05, 3.63) is 34.4 Å². The molecule has 0 atom stereocenters. The summed E-state index contributed by atoms with van der Waals surface area (Å²) in [5.41, 5.74) is 0.107. The summed E-state index contributed by atoms with van der Waals surface area (Å²) in [6, 6.07) is 7.19. The third-order valence-electron chi connectivity index (χ3n) is 3.89. The maximum absolute atomic E-state index is 10.6. The average Bonchev–Trinajstić information content (AvgIpc) is 3.25. The lowest BCUT2D eigenvalue weighted by atomic mass is 10.1. The molecule has 1 aromatic rings. The number of hydrogen-bond acceptors (Lipinski definition) is 4. The average molecular weight is 262 g/mol. The van der Waals surface area contributed by atoms with Gasteiger partial charge in [0, 0.05) is 31.3 Å². The van der Waals surface area contributed by atoms with Crippen molar-refractivity contribution in [1.82, 2.24) is 4.90 Å². The molecule has 0 amide bonds. The highest BCUT2D eigenvalue weighted by Gasteiger charge is 2.32. The number of nitrogens with zero attached hydrogens (tertiary/aromatic N) is 2. The van der Waals surface area contributed by atoms with Gasteiger partial charge >= 0.3 is 0 Å². The van der Waals surface area contributed by atoms with Crippen LogP contribution in [0.3, 0.4) is 0 Å². The Morgan fingerprint density at radius 1 is 1.11 bits per heavy atom. The van der Waals surface area contributed by atoms with Crippen LogP contribution in [0.15, 0.2) is 24.3 Å². The van der Waals surface area contributed by atoms with Gasteiger partial charge in [-0.25, -0.2) is 0 Å². The van der Waals surface area contributed by atoms with Crippen LogP contribution in [0.25, 0.3) is 0 Å². The van der Waals surface area contributed by atoms with Crippen LogP contribution in [0, 0.1) is 10.1 Å². The lowest BCUT2D eigenvalue weighted by Crippen LogP contribution is -2.39. The SMILES string of the molecule is O=[N+]([O-])c1ccc(OC2CCN(C3CC3)CC2)cc1. The van der Waals surface area contributed by atoms with Crippen molar-refractivity contribution in [3.63, 3.8) is 0 Å². The molecule has 19 heavy (non-hydrogen) atoms. The van der Waals surface area contributed by atoms with Crippen molar-refractivity contribution in [2.45, 2.75) is 37.8 Å². The zero-order chi connectivity index (χ0) is 13.2. The van der Waals surface area contributed by atoms with Crippen LogP contribution < -0.4 is 4.74 Å². The number of ether oxygens (including phenoxy) is 1. The van der Waals surface area contributed by atoms with Crippen molar-refractivity contribution in [2.24, 2.45) is 0 Å². The first-order valence-corrected chi connectivity index (χ1v) is 6.87. The molecule has 0 N–H and O–H groups in total.